The Hall–Kier alpha value is -1.37. The van der Waals surface area contributed by atoms with Gasteiger partial charge >= 0.3 is 0 Å². The van der Waals surface area contributed by atoms with E-state index in [9.17, 15) is 20.3 Å². The molecule has 88 valence electrons. The largest absolute Gasteiger partial charge is 0.399 e. The van der Waals surface area contributed by atoms with Crippen molar-refractivity contribution in [2.75, 3.05) is 11.6 Å². The van der Waals surface area contributed by atoms with Gasteiger partial charge in [-0.1, -0.05) is 0 Å². The molecule has 6 nitrogen and oxygen atoms in total. The van der Waals surface area contributed by atoms with Gasteiger partial charge in [-0.2, -0.15) is 0 Å². The Labute approximate surface area is 96.4 Å². The molecule has 0 spiro atoms. The maximum atomic E-state index is 10.7. The number of alkyl halides is 1. The lowest BCUT2D eigenvalue weighted by Gasteiger charge is -2.15. The van der Waals surface area contributed by atoms with Gasteiger partial charge in [0.15, 0.2) is 0 Å². The minimum Gasteiger partial charge on any atom is -0.399 e. The highest BCUT2D eigenvalue weighted by atomic mass is 35.5. The first-order valence-corrected chi connectivity index (χ1v) is 4.96. The molecule has 4 N–H and O–H groups in total. The van der Waals surface area contributed by atoms with Gasteiger partial charge in [-0.15, -0.1) is 11.6 Å². The van der Waals surface area contributed by atoms with Crippen molar-refractivity contribution in [1.29, 1.82) is 0 Å². The predicted octanol–water partition coefficient (Wildman–Crippen LogP) is 0.810. The zero-order valence-corrected chi connectivity index (χ0v) is 8.96. The highest BCUT2D eigenvalue weighted by Crippen LogP contribution is 2.29. The second-order valence-electron chi connectivity index (χ2n) is 3.24. The summed E-state index contributed by atoms with van der Waals surface area (Å²) in [6.45, 7) is 0. The van der Waals surface area contributed by atoms with Gasteiger partial charge in [0.05, 0.1) is 22.5 Å². The number of anilines is 1. The molecule has 0 bridgehead atoms. The van der Waals surface area contributed by atoms with E-state index < -0.39 is 17.1 Å². The van der Waals surface area contributed by atoms with E-state index in [1.165, 1.54) is 18.2 Å². The summed E-state index contributed by atoms with van der Waals surface area (Å²) in [7, 11) is 0. The molecule has 0 saturated carbocycles. The van der Waals surface area contributed by atoms with E-state index in [-0.39, 0.29) is 22.8 Å². The molecule has 0 fully saturated rings. The molecule has 0 radical (unpaired) electrons. The second kappa shape index (κ2) is 5.11. The molecule has 2 unspecified atom stereocenters. The minimum absolute atomic E-state index is 0.0434. The third-order valence-corrected chi connectivity index (χ3v) is 2.41. The highest BCUT2D eigenvalue weighted by molar-refractivity contribution is 6.18. The molecule has 0 saturated heterocycles. The number of aliphatic hydroxyl groups excluding tert-OH is 2. The Kier molecular flexibility index (Phi) is 4.05. The van der Waals surface area contributed by atoms with E-state index in [2.05, 4.69) is 0 Å². The van der Waals surface area contributed by atoms with Crippen LogP contribution in [0.5, 0.6) is 0 Å². The number of rotatable bonds is 4. The van der Waals surface area contributed by atoms with Gasteiger partial charge in [-0.3, -0.25) is 10.1 Å². The maximum Gasteiger partial charge on any atom is 0.275 e. The van der Waals surface area contributed by atoms with Gasteiger partial charge in [-0.25, -0.2) is 0 Å². The number of hydrogen-bond donors (Lipinski definition) is 3. The number of halogens is 1. The normalized spacial score (nSPS) is 14.4. The van der Waals surface area contributed by atoms with Crippen LogP contribution in [0.1, 0.15) is 11.7 Å². The van der Waals surface area contributed by atoms with E-state index in [0.717, 1.165) is 0 Å². The Morgan fingerprint density at radius 3 is 2.62 bits per heavy atom. The summed E-state index contributed by atoms with van der Waals surface area (Å²) in [6.07, 6.45) is -2.71. The zero-order chi connectivity index (χ0) is 12.3. The van der Waals surface area contributed by atoms with Gasteiger partial charge < -0.3 is 15.9 Å². The molecule has 1 aromatic rings. The average molecular weight is 247 g/mol. The van der Waals surface area contributed by atoms with E-state index in [4.69, 9.17) is 17.3 Å². The fourth-order valence-corrected chi connectivity index (χ4v) is 1.44. The summed E-state index contributed by atoms with van der Waals surface area (Å²) in [6, 6.07) is 3.77. The molecule has 1 rings (SSSR count). The molecule has 1 aromatic carbocycles. The Balaban J connectivity index is 3.19. The molecule has 0 aliphatic heterocycles. The molecule has 0 aromatic heterocycles. The number of benzene rings is 1. The average Bonchev–Trinajstić information content (AvgIpc) is 2.26. The summed E-state index contributed by atoms with van der Waals surface area (Å²) in [5.41, 5.74) is 5.38. The van der Waals surface area contributed by atoms with Crippen molar-refractivity contribution in [3.8, 4) is 0 Å². The van der Waals surface area contributed by atoms with Crippen LogP contribution < -0.4 is 5.73 Å². The Morgan fingerprint density at radius 1 is 1.50 bits per heavy atom. The van der Waals surface area contributed by atoms with Crippen LogP contribution in [0, 0.1) is 10.1 Å². The van der Waals surface area contributed by atoms with Gasteiger partial charge in [0.1, 0.15) is 6.10 Å². The van der Waals surface area contributed by atoms with E-state index in [1.54, 1.807) is 0 Å². The molecular weight excluding hydrogens is 236 g/mol. The van der Waals surface area contributed by atoms with E-state index in [0.29, 0.717) is 0 Å². The predicted molar refractivity (Wildman–Crippen MR) is 59.2 cm³/mol. The first-order valence-electron chi connectivity index (χ1n) is 4.43. The molecule has 16 heavy (non-hydrogen) atoms. The monoisotopic (exact) mass is 246 g/mol. The summed E-state index contributed by atoms with van der Waals surface area (Å²) >= 11 is 5.36. The number of nitro groups is 1. The SMILES string of the molecule is Nc1ccc([N+](=O)[O-])c(C(O)C(O)CCl)c1. The van der Waals surface area contributed by atoms with Crippen LogP contribution >= 0.6 is 11.6 Å². The fraction of sp³-hybridized carbons (Fsp3) is 0.333. The van der Waals surface area contributed by atoms with Crippen LogP contribution in [0.15, 0.2) is 18.2 Å². The number of nitro benzene ring substituents is 1. The lowest BCUT2D eigenvalue weighted by atomic mass is 10.0. The first kappa shape index (κ1) is 12.7. The first-order chi connectivity index (χ1) is 7.47. The number of nitrogen functional groups attached to an aromatic ring is 1. The molecule has 0 amide bonds. The molecule has 2 atom stereocenters. The Bertz CT molecular complexity index is 399. The van der Waals surface area contributed by atoms with Crippen LogP contribution in [0.2, 0.25) is 0 Å². The summed E-state index contributed by atoms with van der Waals surface area (Å²) in [4.78, 5) is 10.0. The summed E-state index contributed by atoms with van der Waals surface area (Å²) in [5.74, 6) is -0.229. The second-order valence-corrected chi connectivity index (χ2v) is 3.55. The molecular formula is C9H11ClN2O4. The number of aliphatic hydroxyl groups is 2. The van der Waals surface area contributed by atoms with Crippen LogP contribution in [0.25, 0.3) is 0 Å². The van der Waals surface area contributed by atoms with Crippen molar-refractivity contribution in [2.45, 2.75) is 12.2 Å². The quantitative estimate of drug-likeness (QED) is 0.315. The number of nitrogens with two attached hydrogens (primary N) is 1. The minimum atomic E-state index is -1.43. The lowest BCUT2D eigenvalue weighted by molar-refractivity contribution is -0.386. The topological polar surface area (TPSA) is 110 Å². The van der Waals surface area contributed by atoms with Crippen molar-refractivity contribution in [3.63, 3.8) is 0 Å². The molecule has 0 heterocycles. The van der Waals surface area contributed by atoms with Crippen molar-refractivity contribution in [2.24, 2.45) is 0 Å². The molecule has 0 aliphatic rings. The summed E-state index contributed by atoms with van der Waals surface area (Å²) < 4.78 is 0. The maximum absolute atomic E-state index is 10.7. The number of hydrogen-bond acceptors (Lipinski definition) is 5. The van der Waals surface area contributed by atoms with Crippen LogP contribution in [0.3, 0.4) is 0 Å². The van der Waals surface area contributed by atoms with E-state index >= 15 is 0 Å². The van der Waals surface area contributed by atoms with Gasteiger partial charge in [0.25, 0.3) is 5.69 Å². The highest BCUT2D eigenvalue weighted by Gasteiger charge is 2.25. The zero-order valence-electron chi connectivity index (χ0n) is 8.21. The van der Waals surface area contributed by atoms with Gasteiger partial charge in [0, 0.05) is 11.8 Å². The van der Waals surface area contributed by atoms with Crippen LogP contribution in [0.4, 0.5) is 11.4 Å². The van der Waals surface area contributed by atoms with Crippen molar-refractivity contribution in [3.05, 3.63) is 33.9 Å². The van der Waals surface area contributed by atoms with Gasteiger partial charge in [-0.05, 0) is 12.1 Å². The van der Waals surface area contributed by atoms with Gasteiger partial charge in [0.2, 0.25) is 0 Å². The summed E-state index contributed by atoms with van der Waals surface area (Å²) in [5, 5.41) is 29.7. The van der Waals surface area contributed by atoms with Crippen molar-refractivity contribution in [1.82, 2.24) is 0 Å². The van der Waals surface area contributed by atoms with Crippen molar-refractivity contribution >= 4 is 23.0 Å². The van der Waals surface area contributed by atoms with Crippen molar-refractivity contribution < 1.29 is 15.1 Å². The number of nitrogens with zero attached hydrogens (tertiary/aromatic N) is 1. The third-order valence-electron chi connectivity index (χ3n) is 2.09. The third kappa shape index (κ3) is 2.60. The van der Waals surface area contributed by atoms with Crippen LogP contribution in [-0.2, 0) is 0 Å². The molecule has 7 heteroatoms. The van der Waals surface area contributed by atoms with Crippen LogP contribution in [-0.4, -0.2) is 27.1 Å². The standard InChI is InChI=1S/C9H11ClN2O4/c10-4-8(13)9(14)6-3-5(11)1-2-7(6)12(15)16/h1-3,8-9,13-14H,4,11H2. The fourth-order valence-electron chi connectivity index (χ4n) is 1.27. The molecule has 0 aliphatic carbocycles. The lowest BCUT2D eigenvalue weighted by Crippen LogP contribution is -2.20. The smallest absolute Gasteiger partial charge is 0.275 e. The Morgan fingerprint density at radius 2 is 2.12 bits per heavy atom. The van der Waals surface area contributed by atoms with E-state index in [1.807, 2.05) is 0 Å².